The van der Waals surface area contributed by atoms with Crippen molar-refractivity contribution in [1.82, 2.24) is 25.4 Å². The Labute approximate surface area is 189 Å². The van der Waals surface area contributed by atoms with E-state index in [1.165, 1.54) is 0 Å². The lowest BCUT2D eigenvalue weighted by atomic mass is 10.1. The Bertz CT molecular complexity index is 823. The molecule has 2 heterocycles. The minimum absolute atomic E-state index is 0. The summed E-state index contributed by atoms with van der Waals surface area (Å²) in [6.45, 7) is 6.76. The molecule has 9 heteroatoms. The van der Waals surface area contributed by atoms with Gasteiger partial charge in [-0.15, -0.1) is 24.0 Å². The summed E-state index contributed by atoms with van der Waals surface area (Å²) in [4.78, 5) is 9.29. The van der Waals surface area contributed by atoms with Gasteiger partial charge in [0.15, 0.2) is 11.8 Å². The fourth-order valence-corrected chi connectivity index (χ4v) is 3.39. The first-order chi connectivity index (χ1) is 13.6. The summed E-state index contributed by atoms with van der Waals surface area (Å²) in [6, 6.07) is 6.43. The van der Waals surface area contributed by atoms with E-state index in [4.69, 9.17) is 14.5 Å². The molecular formula is C20H31IN6O2. The summed E-state index contributed by atoms with van der Waals surface area (Å²) >= 11 is 0. The van der Waals surface area contributed by atoms with E-state index in [0.29, 0.717) is 13.2 Å². The Hall–Kier alpha value is -1.88. The lowest BCUT2D eigenvalue weighted by molar-refractivity contribution is 0.177. The predicted molar refractivity (Wildman–Crippen MR) is 124 cm³/mol. The van der Waals surface area contributed by atoms with E-state index in [1.54, 1.807) is 14.2 Å². The SMILES string of the molecule is CCNC(=NCc1ccc(OC)c(C)c1)NC1CCc2nc(COC)nn2C1.I. The fourth-order valence-electron chi connectivity index (χ4n) is 3.39. The minimum atomic E-state index is 0. The van der Waals surface area contributed by atoms with Gasteiger partial charge in [0.1, 0.15) is 18.2 Å². The summed E-state index contributed by atoms with van der Waals surface area (Å²) in [5, 5.41) is 11.4. The number of halogens is 1. The zero-order valence-corrected chi connectivity index (χ0v) is 19.9. The number of guanidine groups is 1. The van der Waals surface area contributed by atoms with Crippen LogP contribution in [0, 0.1) is 6.92 Å². The monoisotopic (exact) mass is 514 g/mol. The molecule has 29 heavy (non-hydrogen) atoms. The molecule has 0 saturated heterocycles. The second-order valence-electron chi connectivity index (χ2n) is 6.94. The number of aryl methyl sites for hydroxylation is 2. The third-order valence-electron chi connectivity index (χ3n) is 4.74. The van der Waals surface area contributed by atoms with Gasteiger partial charge in [-0.25, -0.2) is 14.7 Å². The Kier molecular flexibility index (Phi) is 9.15. The number of hydrogen-bond acceptors (Lipinski definition) is 5. The number of aromatic nitrogens is 3. The summed E-state index contributed by atoms with van der Waals surface area (Å²) in [5.74, 6) is 3.49. The van der Waals surface area contributed by atoms with Gasteiger partial charge in [0.05, 0.1) is 20.2 Å². The van der Waals surface area contributed by atoms with Crippen LogP contribution in [0.5, 0.6) is 5.75 Å². The van der Waals surface area contributed by atoms with Crippen LogP contribution in [0.15, 0.2) is 23.2 Å². The molecule has 0 radical (unpaired) electrons. The van der Waals surface area contributed by atoms with E-state index in [1.807, 2.05) is 17.7 Å². The third-order valence-corrected chi connectivity index (χ3v) is 4.74. The molecular weight excluding hydrogens is 483 g/mol. The highest BCUT2D eigenvalue weighted by atomic mass is 127. The molecule has 0 aliphatic carbocycles. The molecule has 0 fully saturated rings. The predicted octanol–water partition coefficient (Wildman–Crippen LogP) is 2.43. The number of hydrogen-bond donors (Lipinski definition) is 2. The molecule has 1 aliphatic rings. The molecule has 1 aliphatic heterocycles. The highest BCUT2D eigenvalue weighted by Crippen LogP contribution is 2.19. The Morgan fingerprint density at radius 3 is 2.86 bits per heavy atom. The van der Waals surface area contributed by atoms with Crippen LogP contribution in [-0.4, -0.2) is 47.5 Å². The minimum Gasteiger partial charge on any atom is -0.496 e. The first kappa shape index (κ1) is 23.4. The van der Waals surface area contributed by atoms with Crippen molar-refractivity contribution >= 4 is 29.9 Å². The molecule has 0 saturated carbocycles. The second kappa shape index (κ2) is 11.3. The molecule has 8 nitrogen and oxygen atoms in total. The average molecular weight is 514 g/mol. The van der Waals surface area contributed by atoms with Crippen molar-refractivity contribution in [3.63, 3.8) is 0 Å². The molecule has 3 rings (SSSR count). The van der Waals surface area contributed by atoms with Crippen molar-refractivity contribution < 1.29 is 9.47 Å². The third kappa shape index (κ3) is 6.30. The van der Waals surface area contributed by atoms with Gasteiger partial charge >= 0.3 is 0 Å². The molecule has 2 N–H and O–H groups in total. The van der Waals surface area contributed by atoms with E-state index in [-0.39, 0.29) is 30.0 Å². The highest BCUT2D eigenvalue weighted by molar-refractivity contribution is 14.0. The number of benzene rings is 1. The Morgan fingerprint density at radius 2 is 2.17 bits per heavy atom. The molecule has 0 bridgehead atoms. The van der Waals surface area contributed by atoms with Crippen LogP contribution in [0.1, 0.15) is 36.1 Å². The van der Waals surface area contributed by atoms with Crippen LogP contribution in [0.25, 0.3) is 0 Å². The van der Waals surface area contributed by atoms with Crippen molar-refractivity contribution in [2.75, 3.05) is 20.8 Å². The first-order valence-corrected chi connectivity index (χ1v) is 9.72. The molecule has 0 amide bonds. The van der Waals surface area contributed by atoms with Crippen LogP contribution >= 0.6 is 24.0 Å². The van der Waals surface area contributed by atoms with E-state index in [2.05, 4.69) is 39.8 Å². The number of nitrogens with one attached hydrogen (secondary N) is 2. The number of rotatable bonds is 7. The topological polar surface area (TPSA) is 85.6 Å². The van der Waals surface area contributed by atoms with Gasteiger partial charge in [0, 0.05) is 26.1 Å². The standard InChI is InChI=1S/C20H30N6O2.HI/c1-5-21-20(22-11-15-6-8-17(28-4)14(2)10-15)23-16-7-9-19-24-18(13-27-3)25-26(19)12-16;/h6,8,10,16H,5,7,9,11-13H2,1-4H3,(H2,21,22,23);1H. The lowest BCUT2D eigenvalue weighted by Crippen LogP contribution is -2.47. The van der Waals surface area contributed by atoms with Crippen molar-refractivity contribution in [1.29, 1.82) is 0 Å². The molecule has 160 valence electrons. The number of aliphatic imine (C=N–C) groups is 1. The molecule has 1 aromatic heterocycles. The van der Waals surface area contributed by atoms with Crippen LogP contribution in [-0.2, 0) is 30.9 Å². The van der Waals surface area contributed by atoms with Crippen molar-refractivity contribution in [2.24, 2.45) is 4.99 Å². The zero-order chi connectivity index (χ0) is 19.9. The van der Waals surface area contributed by atoms with Gasteiger partial charge < -0.3 is 20.1 Å². The average Bonchev–Trinajstić information content (AvgIpc) is 3.08. The van der Waals surface area contributed by atoms with Gasteiger partial charge in [-0.2, -0.15) is 5.10 Å². The largest absolute Gasteiger partial charge is 0.496 e. The Morgan fingerprint density at radius 1 is 1.34 bits per heavy atom. The van der Waals surface area contributed by atoms with Crippen LogP contribution in [0.2, 0.25) is 0 Å². The normalized spacial score (nSPS) is 16.0. The van der Waals surface area contributed by atoms with E-state index >= 15 is 0 Å². The fraction of sp³-hybridized carbons (Fsp3) is 0.550. The summed E-state index contributed by atoms with van der Waals surface area (Å²) in [5.41, 5.74) is 2.27. The maximum atomic E-state index is 5.33. The first-order valence-electron chi connectivity index (χ1n) is 9.72. The van der Waals surface area contributed by atoms with Crippen molar-refractivity contribution in [3.05, 3.63) is 41.0 Å². The number of nitrogens with zero attached hydrogens (tertiary/aromatic N) is 4. The van der Waals surface area contributed by atoms with Gasteiger partial charge in [0.25, 0.3) is 0 Å². The maximum Gasteiger partial charge on any atom is 0.191 e. The molecule has 1 aromatic carbocycles. The molecule has 1 unspecified atom stereocenters. The second-order valence-corrected chi connectivity index (χ2v) is 6.94. The Balaban J connectivity index is 0.00000300. The molecule has 0 spiro atoms. The van der Waals surface area contributed by atoms with Gasteiger partial charge in [-0.05, 0) is 37.5 Å². The lowest BCUT2D eigenvalue weighted by Gasteiger charge is -2.25. The van der Waals surface area contributed by atoms with E-state index < -0.39 is 0 Å². The van der Waals surface area contributed by atoms with Gasteiger partial charge in [-0.1, -0.05) is 12.1 Å². The van der Waals surface area contributed by atoms with Gasteiger partial charge in [-0.3, -0.25) is 0 Å². The molecule has 2 aromatic rings. The molecule has 1 atom stereocenters. The number of ether oxygens (including phenoxy) is 2. The smallest absolute Gasteiger partial charge is 0.191 e. The maximum absolute atomic E-state index is 5.33. The van der Waals surface area contributed by atoms with Crippen molar-refractivity contribution in [2.45, 2.75) is 52.4 Å². The van der Waals surface area contributed by atoms with E-state index in [0.717, 1.165) is 60.4 Å². The quantitative estimate of drug-likeness (QED) is 0.336. The van der Waals surface area contributed by atoms with Crippen LogP contribution in [0.3, 0.4) is 0 Å². The summed E-state index contributed by atoms with van der Waals surface area (Å²) in [6.07, 6.45) is 1.89. The van der Waals surface area contributed by atoms with E-state index in [9.17, 15) is 0 Å². The van der Waals surface area contributed by atoms with Crippen LogP contribution < -0.4 is 15.4 Å². The zero-order valence-electron chi connectivity index (χ0n) is 17.6. The van der Waals surface area contributed by atoms with Gasteiger partial charge in [0.2, 0.25) is 0 Å². The number of methoxy groups -OCH3 is 2. The number of fused-ring (bicyclic) bond motifs is 1. The van der Waals surface area contributed by atoms with Crippen LogP contribution in [0.4, 0.5) is 0 Å². The summed E-state index contributed by atoms with van der Waals surface area (Å²) < 4.78 is 12.4. The van der Waals surface area contributed by atoms with Crippen molar-refractivity contribution in [3.8, 4) is 5.75 Å². The summed E-state index contributed by atoms with van der Waals surface area (Å²) in [7, 11) is 3.35. The highest BCUT2D eigenvalue weighted by Gasteiger charge is 2.22.